The van der Waals surface area contributed by atoms with Crippen molar-refractivity contribution in [3.8, 4) is 0 Å². The number of anilines is 1. The molecule has 0 heterocycles. The number of aliphatic carboxylic acids is 1. The second kappa shape index (κ2) is 4.14. The number of nitrogen functional groups attached to an aromatic ring is 1. The minimum Gasteiger partial charge on any atom is -0.480 e. The zero-order valence-corrected chi connectivity index (χ0v) is 9.04. The molecule has 15 heavy (non-hydrogen) atoms. The molecule has 1 unspecified atom stereocenters. The summed E-state index contributed by atoms with van der Waals surface area (Å²) in [6, 6.07) is 7.35. The first kappa shape index (κ1) is 10.4. The van der Waals surface area contributed by atoms with E-state index >= 15 is 0 Å². The number of rotatable bonds is 4. The minimum absolute atomic E-state index is 0.298. The van der Waals surface area contributed by atoms with Crippen molar-refractivity contribution in [1.29, 1.82) is 0 Å². The van der Waals surface area contributed by atoms with Gasteiger partial charge >= 0.3 is 5.97 Å². The van der Waals surface area contributed by atoms with E-state index in [4.69, 9.17) is 10.8 Å². The van der Waals surface area contributed by atoms with Crippen molar-refractivity contribution in [2.45, 2.75) is 23.0 Å². The smallest absolute Gasteiger partial charge is 0.317 e. The summed E-state index contributed by atoms with van der Waals surface area (Å²) < 4.78 is 0. The highest BCUT2D eigenvalue weighted by atomic mass is 32.2. The molecule has 3 nitrogen and oxygen atoms in total. The average Bonchev–Trinajstić information content (AvgIpc) is 3.00. The van der Waals surface area contributed by atoms with Crippen LogP contribution in [0, 0.1) is 5.92 Å². The fourth-order valence-corrected chi connectivity index (χ4v) is 2.59. The Bertz CT molecular complexity index is 359. The maximum absolute atomic E-state index is 11.0. The molecule has 0 saturated heterocycles. The quantitative estimate of drug-likeness (QED) is 0.607. The van der Waals surface area contributed by atoms with Crippen molar-refractivity contribution in [3.05, 3.63) is 24.3 Å². The van der Waals surface area contributed by atoms with E-state index in [0.717, 1.165) is 17.7 Å². The molecule has 1 aliphatic carbocycles. The fraction of sp³-hybridized carbons (Fsp3) is 0.364. The molecule has 0 bridgehead atoms. The van der Waals surface area contributed by atoms with E-state index in [9.17, 15) is 4.79 Å². The van der Waals surface area contributed by atoms with E-state index in [1.165, 1.54) is 11.8 Å². The van der Waals surface area contributed by atoms with E-state index < -0.39 is 5.97 Å². The summed E-state index contributed by atoms with van der Waals surface area (Å²) >= 11 is 1.42. The van der Waals surface area contributed by atoms with Gasteiger partial charge in [0.2, 0.25) is 0 Å². The normalized spacial score (nSPS) is 17.3. The number of hydrogen-bond donors (Lipinski definition) is 2. The molecular weight excluding hydrogens is 210 g/mol. The van der Waals surface area contributed by atoms with Crippen LogP contribution in [0.4, 0.5) is 5.69 Å². The van der Waals surface area contributed by atoms with Crippen molar-refractivity contribution >= 4 is 23.4 Å². The second-order valence-electron chi connectivity index (χ2n) is 3.78. The Morgan fingerprint density at radius 3 is 2.47 bits per heavy atom. The van der Waals surface area contributed by atoms with Gasteiger partial charge in [-0.15, -0.1) is 11.8 Å². The average molecular weight is 223 g/mol. The van der Waals surface area contributed by atoms with Gasteiger partial charge in [0, 0.05) is 10.6 Å². The van der Waals surface area contributed by atoms with Crippen LogP contribution in [0.3, 0.4) is 0 Å². The van der Waals surface area contributed by atoms with E-state index in [1.54, 1.807) is 12.1 Å². The molecule has 1 saturated carbocycles. The van der Waals surface area contributed by atoms with Crippen molar-refractivity contribution in [2.24, 2.45) is 5.92 Å². The second-order valence-corrected chi connectivity index (χ2v) is 5.00. The van der Waals surface area contributed by atoms with Crippen molar-refractivity contribution in [3.63, 3.8) is 0 Å². The Balaban J connectivity index is 2.05. The predicted octanol–water partition coefficient (Wildman–Crippen LogP) is 2.22. The van der Waals surface area contributed by atoms with Gasteiger partial charge in [-0.3, -0.25) is 4.79 Å². The Morgan fingerprint density at radius 1 is 1.40 bits per heavy atom. The lowest BCUT2D eigenvalue weighted by Crippen LogP contribution is -2.18. The Kier molecular flexibility index (Phi) is 2.86. The van der Waals surface area contributed by atoms with Crippen LogP contribution in [0.5, 0.6) is 0 Å². The Morgan fingerprint density at radius 2 is 2.00 bits per heavy atom. The van der Waals surface area contributed by atoms with Crippen LogP contribution in [0.1, 0.15) is 12.8 Å². The topological polar surface area (TPSA) is 63.3 Å². The largest absolute Gasteiger partial charge is 0.480 e. The Labute approximate surface area is 92.7 Å². The lowest BCUT2D eigenvalue weighted by Gasteiger charge is -2.10. The molecule has 0 aromatic heterocycles. The van der Waals surface area contributed by atoms with Crippen molar-refractivity contribution < 1.29 is 9.90 Å². The summed E-state index contributed by atoms with van der Waals surface area (Å²) in [5.41, 5.74) is 6.27. The highest BCUT2D eigenvalue weighted by Crippen LogP contribution is 2.41. The Hall–Kier alpha value is -1.16. The number of carboxylic acid groups (broad SMARTS) is 1. The third kappa shape index (κ3) is 2.65. The summed E-state index contributed by atoms with van der Waals surface area (Å²) in [6.45, 7) is 0. The van der Waals surface area contributed by atoms with Gasteiger partial charge in [0.1, 0.15) is 5.25 Å². The molecule has 1 aliphatic rings. The van der Waals surface area contributed by atoms with Gasteiger partial charge in [0.15, 0.2) is 0 Å². The van der Waals surface area contributed by atoms with Crippen LogP contribution in [-0.4, -0.2) is 16.3 Å². The number of hydrogen-bond acceptors (Lipinski definition) is 3. The highest BCUT2D eigenvalue weighted by molar-refractivity contribution is 8.00. The third-order valence-electron chi connectivity index (χ3n) is 2.44. The van der Waals surface area contributed by atoms with Crippen LogP contribution >= 0.6 is 11.8 Å². The fourth-order valence-electron chi connectivity index (χ4n) is 1.44. The zero-order valence-electron chi connectivity index (χ0n) is 8.22. The lowest BCUT2D eigenvalue weighted by molar-refractivity contribution is -0.136. The number of nitrogens with two attached hydrogens (primary N) is 1. The summed E-state index contributed by atoms with van der Waals surface area (Å²) in [5.74, 6) is -0.357. The van der Waals surface area contributed by atoms with Crippen LogP contribution in [0.25, 0.3) is 0 Å². The number of carboxylic acids is 1. The standard InChI is InChI=1S/C11H13NO2S/c12-8-3-5-9(6-4-8)15-10(11(13)14)7-1-2-7/h3-7,10H,1-2,12H2,(H,13,14). The van der Waals surface area contributed by atoms with Gasteiger partial charge in [0.25, 0.3) is 0 Å². The molecule has 1 atom stereocenters. The van der Waals surface area contributed by atoms with Gasteiger partial charge in [-0.25, -0.2) is 0 Å². The predicted molar refractivity (Wildman–Crippen MR) is 60.9 cm³/mol. The highest BCUT2D eigenvalue weighted by Gasteiger charge is 2.36. The molecule has 1 aromatic rings. The monoisotopic (exact) mass is 223 g/mol. The number of thioether (sulfide) groups is 1. The third-order valence-corrected chi connectivity index (χ3v) is 3.82. The summed E-state index contributed by atoms with van der Waals surface area (Å²) in [6.07, 6.45) is 2.08. The van der Waals surface area contributed by atoms with Crippen LogP contribution in [-0.2, 0) is 4.79 Å². The molecule has 0 amide bonds. The van der Waals surface area contributed by atoms with Gasteiger partial charge < -0.3 is 10.8 Å². The van der Waals surface area contributed by atoms with Crippen LogP contribution < -0.4 is 5.73 Å². The van der Waals surface area contributed by atoms with Gasteiger partial charge in [-0.05, 0) is 43.0 Å². The maximum Gasteiger partial charge on any atom is 0.317 e. The van der Waals surface area contributed by atoms with Gasteiger partial charge in [-0.2, -0.15) is 0 Å². The molecule has 0 spiro atoms. The summed E-state index contributed by atoms with van der Waals surface area (Å²) in [4.78, 5) is 12.0. The lowest BCUT2D eigenvalue weighted by atomic mass is 10.3. The first-order chi connectivity index (χ1) is 7.16. The summed E-state index contributed by atoms with van der Waals surface area (Å²) in [5, 5.41) is 8.76. The summed E-state index contributed by atoms with van der Waals surface area (Å²) in [7, 11) is 0. The van der Waals surface area contributed by atoms with E-state index in [1.807, 2.05) is 12.1 Å². The minimum atomic E-state index is -0.709. The van der Waals surface area contributed by atoms with E-state index in [-0.39, 0.29) is 5.25 Å². The zero-order chi connectivity index (χ0) is 10.8. The number of benzene rings is 1. The van der Waals surface area contributed by atoms with Crippen molar-refractivity contribution in [2.75, 3.05) is 5.73 Å². The molecule has 80 valence electrons. The molecular formula is C11H13NO2S. The van der Waals surface area contributed by atoms with Crippen LogP contribution in [0.2, 0.25) is 0 Å². The first-order valence-corrected chi connectivity index (χ1v) is 5.80. The van der Waals surface area contributed by atoms with Crippen molar-refractivity contribution in [1.82, 2.24) is 0 Å². The van der Waals surface area contributed by atoms with E-state index in [2.05, 4.69) is 0 Å². The van der Waals surface area contributed by atoms with Gasteiger partial charge in [0.05, 0.1) is 0 Å². The number of carbonyl (C=O) groups is 1. The molecule has 1 aromatic carbocycles. The molecule has 2 rings (SSSR count). The molecule has 0 radical (unpaired) electrons. The molecule has 4 heteroatoms. The van der Waals surface area contributed by atoms with Crippen LogP contribution in [0.15, 0.2) is 29.2 Å². The first-order valence-electron chi connectivity index (χ1n) is 4.92. The maximum atomic E-state index is 11.0. The van der Waals surface area contributed by atoms with Gasteiger partial charge in [-0.1, -0.05) is 0 Å². The molecule has 1 fully saturated rings. The molecule has 0 aliphatic heterocycles. The van der Waals surface area contributed by atoms with E-state index in [0.29, 0.717) is 11.6 Å². The SMILES string of the molecule is Nc1ccc(SC(C(=O)O)C2CC2)cc1. The molecule has 3 N–H and O–H groups in total.